The van der Waals surface area contributed by atoms with E-state index in [2.05, 4.69) is 20.3 Å². The predicted octanol–water partition coefficient (Wildman–Crippen LogP) is 4.84. The van der Waals surface area contributed by atoms with E-state index in [4.69, 9.17) is 9.26 Å². The highest BCUT2D eigenvalue weighted by molar-refractivity contribution is 7.99. The fourth-order valence-corrected chi connectivity index (χ4v) is 3.71. The van der Waals surface area contributed by atoms with Crippen molar-refractivity contribution < 1.29 is 13.7 Å². The number of aromatic nitrogens is 5. The first kappa shape index (κ1) is 20.1. The molecule has 4 aromatic rings. The topological polar surface area (TPSA) is 78.9 Å². The molecule has 0 spiro atoms. The highest BCUT2D eigenvalue weighted by atomic mass is 32.2. The second-order valence-electron chi connectivity index (χ2n) is 6.77. The van der Waals surface area contributed by atoms with Gasteiger partial charge >= 0.3 is 0 Å². The molecule has 9 heteroatoms. The van der Waals surface area contributed by atoms with Crippen LogP contribution in [0.15, 0.2) is 52.1 Å². The molecule has 0 saturated carbocycles. The van der Waals surface area contributed by atoms with E-state index in [1.165, 1.54) is 17.8 Å². The molecule has 1 unspecified atom stereocenters. The number of hydrogen-bond acceptors (Lipinski definition) is 7. The summed E-state index contributed by atoms with van der Waals surface area (Å²) in [5, 5.41) is 13.1. The number of nitrogens with zero attached hydrogens (tertiary/aromatic N) is 5. The minimum Gasteiger partial charge on any atom is -0.497 e. The van der Waals surface area contributed by atoms with Gasteiger partial charge in [0.25, 0.3) is 0 Å². The zero-order chi connectivity index (χ0) is 21.3. The van der Waals surface area contributed by atoms with Crippen LogP contribution in [0, 0.1) is 12.7 Å². The third kappa shape index (κ3) is 3.93. The first-order valence-corrected chi connectivity index (χ1v) is 10.1. The van der Waals surface area contributed by atoms with Crippen LogP contribution in [0.25, 0.3) is 22.8 Å². The van der Waals surface area contributed by atoms with Crippen molar-refractivity contribution in [3.05, 3.63) is 59.7 Å². The van der Waals surface area contributed by atoms with E-state index in [0.717, 1.165) is 22.3 Å². The number of rotatable bonds is 6. The molecule has 0 saturated heterocycles. The Hall–Kier alpha value is -3.20. The van der Waals surface area contributed by atoms with Gasteiger partial charge < -0.3 is 13.8 Å². The summed E-state index contributed by atoms with van der Waals surface area (Å²) in [6.45, 7) is 3.65. The molecule has 0 fully saturated rings. The molecule has 154 valence electrons. The number of methoxy groups -OCH3 is 1. The lowest BCUT2D eigenvalue weighted by Crippen LogP contribution is -1.97. The van der Waals surface area contributed by atoms with E-state index in [0.29, 0.717) is 22.8 Å². The van der Waals surface area contributed by atoms with E-state index >= 15 is 0 Å². The number of thioether (sulfide) groups is 1. The van der Waals surface area contributed by atoms with E-state index in [-0.39, 0.29) is 11.1 Å². The van der Waals surface area contributed by atoms with Crippen LogP contribution in [0.1, 0.15) is 23.6 Å². The average Bonchev–Trinajstić information content (AvgIpc) is 3.38. The second kappa shape index (κ2) is 8.27. The Bertz CT molecular complexity index is 1170. The highest BCUT2D eigenvalue weighted by Gasteiger charge is 2.21. The molecule has 2 aromatic carbocycles. The summed E-state index contributed by atoms with van der Waals surface area (Å²) in [6.07, 6.45) is 0. The van der Waals surface area contributed by atoms with Gasteiger partial charge in [-0.05, 0) is 49.7 Å². The fourth-order valence-electron chi connectivity index (χ4n) is 2.87. The Balaban J connectivity index is 1.51. The van der Waals surface area contributed by atoms with Gasteiger partial charge in [-0.25, -0.2) is 4.39 Å². The maximum absolute atomic E-state index is 13.8. The molecule has 0 radical (unpaired) electrons. The Morgan fingerprint density at radius 2 is 1.83 bits per heavy atom. The summed E-state index contributed by atoms with van der Waals surface area (Å²) in [5.41, 5.74) is 2.08. The zero-order valence-electron chi connectivity index (χ0n) is 17.0. The quantitative estimate of drug-likeness (QED) is 0.409. The number of halogens is 1. The fraction of sp³-hybridized carbons (Fsp3) is 0.238. The van der Waals surface area contributed by atoms with Crippen molar-refractivity contribution in [2.24, 2.45) is 7.05 Å². The van der Waals surface area contributed by atoms with Gasteiger partial charge in [0.15, 0.2) is 11.0 Å². The van der Waals surface area contributed by atoms with Crippen LogP contribution in [-0.2, 0) is 7.05 Å². The summed E-state index contributed by atoms with van der Waals surface area (Å²) >= 11 is 1.45. The lowest BCUT2D eigenvalue weighted by Gasteiger charge is -2.07. The first-order chi connectivity index (χ1) is 14.5. The first-order valence-electron chi connectivity index (χ1n) is 9.27. The molecule has 0 aliphatic carbocycles. The monoisotopic (exact) mass is 425 g/mol. The van der Waals surface area contributed by atoms with Crippen molar-refractivity contribution in [3.63, 3.8) is 0 Å². The van der Waals surface area contributed by atoms with Gasteiger partial charge in [-0.15, -0.1) is 10.2 Å². The van der Waals surface area contributed by atoms with Gasteiger partial charge in [0, 0.05) is 18.2 Å². The van der Waals surface area contributed by atoms with Gasteiger partial charge in [0.1, 0.15) is 11.6 Å². The van der Waals surface area contributed by atoms with Crippen molar-refractivity contribution in [1.29, 1.82) is 0 Å². The van der Waals surface area contributed by atoms with Crippen LogP contribution in [-0.4, -0.2) is 32.0 Å². The van der Waals surface area contributed by atoms with Gasteiger partial charge in [-0.1, -0.05) is 29.1 Å². The minimum absolute atomic E-state index is 0.159. The van der Waals surface area contributed by atoms with Crippen LogP contribution in [0.3, 0.4) is 0 Å². The summed E-state index contributed by atoms with van der Waals surface area (Å²) in [4.78, 5) is 4.42. The van der Waals surface area contributed by atoms with Crippen LogP contribution in [0.4, 0.5) is 4.39 Å². The zero-order valence-corrected chi connectivity index (χ0v) is 17.8. The van der Waals surface area contributed by atoms with Gasteiger partial charge in [-0.3, -0.25) is 0 Å². The van der Waals surface area contributed by atoms with Crippen molar-refractivity contribution >= 4 is 11.8 Å². The number of ether oxygens (including phenoxy) is 1. The van der Waals surface area contributed by atoms with E-state index in [1.54, 1.807) is 26.2 Å². The standard InChI is InChI=1S/C21H20FN5O2S/c1-12-5-6-15(11-17(12)22)18-23-20(29-26-18)13(2)30-21-25-24-19(27(21)3)14-7-9-16(28-4)10-8-14/h5-11,13H,1-4H3. The average molecular weight is 425 g/mol. The lowest BCUT2D eigenvalue weighted by atomic mass is 10.1. The van der Waals surface area contributed by atoms with Crippen LogP contribution in [0.2, 0.25) is 0 Å². The normalized spacial score (nSPS) is 12.2. The van der Waals surface area contributed by atoms with E-state index in [9.17, 15) is 4.39 Å². The smallest absolute Gasteiger partial charge is 0.240 e. The molecular formula is C21H20FN5O2S. The lowest BCUT2D eigenvalue weighted by molar-refractivity contribution is 0.380. The largest absolute Gasteiger partial charge is 0.497 e. The van der Waals surface area contributed by atoms with Gasteiger partial charge in [-0.2, -0.15) is 4.98 Å². The number of hydrogen-bond donors (Lipinski definition) is 0. The molecule has 30 heavy (non-hydrogen) atoms. The van der Waals surface area contributed by atoms with Crippen molar-refractivity contribution in [2.45, 2.75) is 24.3 Å². The molecule has 1 atom stereocenters. The molecule has 0 aliphatic heterocycles. The Labute approximate surface area is 177 Å². The van der Waals surface area contributed by atoms with Crippen molar-refractivity contribution in [1.82, 2.24) is 24.9 Å². The molecule has 4 rings (SSSR count). The van der Waals surface area contributed by atoms with Gasteiger partial charge in [0.05, 0.1) is 12.4 Å². The molecule has 0 N–H and O–H groups in total. The minimum atomic E-state index is -0.300. The summed E-state index contributed by atoms with van der Waals surface area (Å²) in [5.74, 6) is 2.02. The van der Waals surface area contributed by atoms with Crippen LogP contribution in [0.5, 0.6) is 5.75 Å². The Kier molecular flexibility index (Phi) is 5.54. The molecular weight excluding hydrogens is 405 g/mol. The van der Waals surface area contributed by atoms with E-state index < -0.39 is 0 Å². The van der Waals surface area contributed by atoms with Crippen LogP contribution < -0.4 is 4.74 Å². The number of benzene rings is 2. The summed E-state index contributed by atoms with van der Waals surface area (Å²) in [6, 6.07) is 12.5. The summed E-state index contributed by atoms with van der Waals surface area (Å²) in [7, 11) is 3.54. The molecule has 0 amide bonds. The van der Waals surface area contributed by atoms with E-state index in [1.807, 2.05) is 42.8 Å². The SMILES string of the molecule is COc1ccc(-c2nnc(SC(C)c3nc(-c4ccc(C)c(F)c4)no3)n2C)cc1. The van der Waals surface area contributed by atoms with Crippen molar-refractivity contribution in [3.8, 4) is 28.5 Å². The highest BCUT2D eigenvalue weighted by Crippen LogP contribution is 2.35. The third-order valence-electron chi connectivity index (χ3n) is 4.68. The molecule has 2 aromatic heterocycles. The predicted molar refractivity (Wildman–Crippen MR) is 112 cm³/mol. The number of aryl methyl sites for hydroxylation is 1. The second-order valence-corrected chi connectivity index (χ2v) is 8.08. The maximum Gasteiger partial charge on any atom is 0.240 e. The third-order valence-corrected chi connectivity index (χ3v) is 5.81. The van der Waals surface area contributed by atoms with Gasteiger partial charge in [0.2, 0.25) is 11.7 Å². The Morgan fingerprint density at radius 3 is 2.53 bits per heavy atom. The molecule has 2 heterocycles. The summed E-state index contributed by atoms with van der Waals surface area (Å²) < 4.78 is 26.3. The maximum atomic E-state index is 13.8. The van der Waals surface area contributed by atoms with Crippen molar-refractivity contribution in [2.75, 3.05) is 7.11 Å². The Morgan fingerprint density at radius 1 is 1.10 bits per heavy atom. The molecule has 0 aliphatic rings. The molecule has 7 nitrogen and oxygen atoms in total. The molecule has 0 bridgehead atoms. The van der Waals surface area contributed by atoms with Crippen LogP contribution >= 0.6 is 11.8 Å².